The van der Waals surface area contributed by atoms with Gasteiger partial charge in [-0.15, -0.1) is 0 Å². The lowest BCUT2D eigenvalue weighted by Crippen LogP contribution is -2.41. The maximum atomic E-state index is 13.0. The van der Waals surface area contributed by atoms with Crippen molar-refractivity contribution in [1.82, 2.24) is 4.31 Å². The smallest absolute Gasteiger partial charge is 0.243 e. The third kappa shape index (κ3) is 4.65. The molecule has 0 aliphatic rings. The van der Waals surface area contributed by atoms with Gasteiger partial charge in [0.15, 0.2) is 0 Å². The van der Waals surface area contributed by atoms with Crippen LogP contribution in [-0.4, -0.2) is 38.8 Å². The van der Waals surface area contributed by atoms with Gasteiger partial charge in [-0.05, 0) is 48.5 Å². The van der Waals surface area contributed by atoms with Gasteiger partial charge in [0.1, 0.15) is 5.82 Å². The number of amides is 1. The number of rotatable bonds is 6. The lowest BCUT2D eigenvalue weighted by Gasteiger charge is -2.24. The molecule has 0 aliphatic heterocycles. The Morgan fingerprint density at radius 3 is 2.16 bits per heavy atom. The van der Waals surface area contributed by atoms with E-state index in [4.69, 9.17) is 0 Å². The van der Waals surface area contributed by atoms with E-state index in [9.17, 15) is 17.6 Å². The van der Waals surface area contributed by atoms with E-state index in [1.54, 1.807) is 19.1 Å². The highest BCUT2D eigenvalue weighted by Crippen LogP contribution is 2.20. The number of benzene rings is 2. The van der Waals surface area contributed by atoms with Crippen molar-refractivity contribution in [1.29, 1.82) is 0 Å². The topological polar surface area (TPSA) is 57.7 Å². The molecule has 134 valence electrons. The van der Waals surface area contributed by atoms with E-state index >= 15 is 0 Å². The van der Waals surface area contributed by atoms with Gasteiger partial charge in [-0.1, -0.05) is 22.9 Å². The highest BCUT2D eigenvalue weighted by molar-refractivity contribution is 9.10. The lowest BCUT2D eigenvalue weighted by atomic mass is 10.3. The number of anilines is 1. The molecule has 8 heteroatoms. The molecule has 25 heavy (non-hydrogen) atoms. The van der Waals surface area contributed by atoms with Crippen molar-refractivity contribution in [2.45, 2.75) is 11.8 Å². The van der Waals surface area contributed by atoms with Crippen LogP contribution in [-0.2, 0) is 14.8 Å². The summed E-state index contributed by atoms with van der Waals surface area (Å²) in [4.78, 5) is 13.9. The minimum absolute atomic E-state index is 0.120. The Morgan fingerprint density at radius 2 is 1.64 bits per heavy atom. The highest BCUT2D eigenvalue weighted by atomic mass is 79.9. The Balaban J connectivity index is 2.19. The van der Waals surface area contributed by atoms with E-state index in [-0.39, 0.29) is 18.0 Å². The van der Waals surface area contributed by atoms with E-state index in [0.29, 0.717) is 5.69 Å². The fourth-order valence-corrected chi connectivity index (χ4v) is 3.85. The molecule has 0 unspecified atom stereocenters. The van der Waals surface area contributed by atoms with Crippen LogP contribution in [0.1, 0.15) is 6.92 Å². The zero-order valence-electron chi connectivity index (χ0n) is 13.8. The molecule has 2 aromatic carbocycles. The summed E-state index contributed by atoms with van der Waals surface area (Å²) in [5.41, 5.74) is 0.489. The number of hydrogen-bond acceptors (Lipinski definition) is 3. The highest BCUT2D eigenvalue weighted by Gasteiger charge is 2.26. The minimum Gasteiger partial charge on any atom is -0.314 e. The van der Waals surface area contributed by atoms with E-state index in [1.165, 1.54) is 48.3 Å². The van der Waals surface area contributed by atoms with Crippen molar-refractivity contribution in [2.24, 2.45) is 0 Å². The van der Waals surface area contributed by atoms with Gasteiger partial charge in [0.2, 0.25) is 15.9 Å². The van der Waals surface area contributed by atoms with Crippen LogP contribution in [0, 0.1) is 5.82 Å². The molecule has 0 bridgehead atoms. The standard InChI is InChI=1S/C17H18BrFN2O3S/c1-3-21(25(23,24)16-10-4-13(18)5-11-16)12-17(22)20(2)15-8-6-14(19)7-9-15/h4-11H,3,12H2,1-2H3. The number of halogens is 2. The molecule has 0 atom stereocenters. The molecule has 0 saturated carbocycles. The predicted molar refractivity (Wildman–Crippen MR) is 98.4 cm³/mol. The number of carbonyl (C=O) groups is 1. The molecule has 1 amide bonds. The number of likely N-dealkylation sites (N-methyl/N-ethyl adjacent to an activating group) is 2. The molecule has 0 N–H and O–H groups in total. The van der Waals surface area contributed by atoms with E-state index in [1.807, 2.05) is 0 Å². The second-order valence-corrected chi connectivity index (χ2v) is 8.17. The normalized spacial score (nSPS) is 11.6. The van der Waals surface area contributed by atoms with Gasteiger partial charge in [-0.2, -0.15) is 4.31 Å². The van der Waals surface area contributed by atoms with Gasteiger partial charge in [-0.3, -0.25) is 4.79 Å². The molecule has 0 spiro atoms. The van der Waals surface area contributed by atoms with Crippen LogP contribution in [0.5, 0.6) is 0 Å². The maximum absolute atomic E-state index is 13.0. The Hall–Kier alpha value is -1.77. The summed E-state index contributed by atoms with van der Waals surface area (Å²) in [6, 6.07) is 11.6. The fourth-order valence-electron chi connectivity index (χ4n) is 2.19. The maximum Gasteiger partial charge on any atom is 0.243 e. The van der Waals surface area contributed by atoms with Crippen molar-refractivity contribution in [3.8, 4) is 0 Å². The summed E-state index contributed by atoms with van der Waals surface area (Å²) in [5.74, 6) is -0.813. The van der Waals surface area contributed by atoms with Crippen LogP contribution >= 0.6 is 15.9 Å². The molecule has 0 radical (unpaired) electrons. The molecule has 0 aromatic heterocycles. The number of sulfonamides is 1. The molecule has 0 heterocycles. The predicted octanol–water partition coefficient (Wildman–Crippen LogP) is 3.26. The number of nitrogens with zero attached hydrogens (tertiary/aromatic N) is 2. The second kappa shape index (κ2) is 8.07. The van der Waals surface area contributed by atoms with Crippen molar-refractivity contribution in [3.63, 3.8) is 0 Å². The first-order chi connectivity index (χ1) is 11.8. The molecule has 0 aliphatic carbocycles. The van der Waals surface area contributed by atoms with Crippen LogP contribution in [0.3, 0.4) is 0 Å². The van der Waals surface area contributed by atoms with Crippen molar-refractivity contribution >= 4 is 37.5 Å². The van der Waals surface area contributed by atoms with E-state index < -0.39 is 21.7 Å². The Bertz CT molecular complexity index is 839. The van der Waals surface area contributed by atoms with E-state index in [0.717, 1.165) is 8.78 Å². The van der Waals surface area contributed by atoms with Crippen molar-refractivity contribution in [2.75, 3.05) is 25.0 Å². The van der Waals surface area contributed by atoms with Crippen molar-refractivity contribution in [3.05, 3.63) is 58.8 Å². The molecule has 0 saturated heterocycles. The number of carbonyl (C=O) groups excluding carboxylic acids is 1. The lowest BCUT2D eigenvalue weighted by molar-refractivity contribution is -0.118. The van der Waals surface area contributed by atoms with Crippen LogP contribution < -0.4 is 4.90 Å². The zero-order chi connectivity index (χ0) is 18.6. The fraction of sp³-hybridized carbons (Fsp3) is 0.235. The summed E-state index contributed by atoms with van der Waals surface area (Å²) in [7, 11) is -2.26. The van der Waals surface area contributed by atoms with Gasteiger partial charge >= 0.3 is 0 Å². The Labute approximate surface area is 155 Å². The zero-order valence-corrected chi connectivity index (χ0v) is 16.2. The summed E-state index contributed by atoms with van der Waals surface area (Å²) in [6.07, 6.45) is 0. The first-order valence-corrected chi connectivity index (χ1v) is 9.77. The third-order valence-corrected chi connectivity index (χ3v) is 6.17. The van der Waals surface area contributed by atoms with Crippen LogP contribution in [0.15, 0.2) is 57.9 Å². The third-order valence-electron chi connectivity index (χ3n) is 3.70. The quantitative estimate of drug-likeness (QED) is 0.709. The molecule has 5 nitrogen and oxygen atoms in total. The van der Waals surface area contributed by atoms with Crippen LogP contribution in [0.25, 0.3) is 0 Å². The SMILES string of the molecule is CCN(CC(=O)N(C)c1ccc(F)cc1)S(=O)(=O)c1ccc(Br)cc1. The minimum atomic E-state index is -3.78. The van der Waals surface area contributed by atoms with Gasteiger partial charge in [-0.25, -0.2) is 12.8 Å². The average molecular weight is 429 g/mol. The van der Waals surface area contributed by atoms with Crippen LogP contribution in [0.4, 0.5) is 10.1 Å². The first-order valence-electron chi connectivity index (χ1n) is 7.53. The summed E-state index contributed by atoms with van der Waals surface area (Å²) >= 11 is 3.26. The Morgan fingerprint density at radius 1 is 1.08 bits per heavy atom. The molecule has 2 rings (SSSR count). The van der Waals surface area contributed by atoms with Crippen molar-refractivity contribution < 1.29 is 17.6 Å². The largest absolute Gasteiger partial charge is 0.314 e. The molecule has 2 aromatic rings. The molecular formula is C17H18BrFN2O3S. The van der Waals surface area contributed by atoms with Gasteiger partial charge in [0.05, 0.1) is 11.4 Å². The summed E-state index contributed by atoms with van der Waals surface area (Å²) in [5, 5.41) is 0. The van der Waals surface area contributed by atoms with Crippen LogP contribution in [0.2, 0.25) is 0 Å². The van der Waals surface area contributed by atoms with E-state index in [2.05, 4.69) is 15.9 Å². The Kier molecular flexibility index (Phi) is 6.31. The number of hydrogen-bond donors (Lipinski definition) is 0. The van der Waals surface area contributed by atoms with Gasteiger partial charge in [0.25, 0.3) is 0 Å². The molecular weight excluding hydrogens is 411 g/mol. The van der Waals surface area contributed by atoms with Gasteiger partial charge in [0, 0.05) is 23.8 Å². The monoisotopic (exact) mass is 428 g/mol. The van der Waals surface area contributed by atoms with Gasteiger partial charge < -0.3 is 4.90 Å². The summed E-state index contributed by atoms with van der Waals surface area (Å²) in [6.45, 7) is 1.52. The molecule has 0 fully saturated rings. The first kappa shape index (κ1) is 19.6. The average Bonchev–Trinajstić information content (AvgIpc) is 2.59. The summed E-state index contributed by atoms with van der Waals surface area (Å²) < 4.78 is 40.3. The second-order valence-electron chi connectivity index (χ2n) is 5.31.